The number of hydrogen-bond acceptors (Lipinski definition) is 12. The molecule has 0 N–H and O–H groups in total. The second-order valence-electron chi connectivity index (χ2n) is 17.1. The molecule has 52 heavy (non-hydrogen) atoms. The maximum absolute atomic E-state index is 14.5. The van der Waals surface area contributed by atoms with Gasteiger partial charge in [0.2, 0.25) is 0 Å². The first-order valence-electron chi connectivity index (χ1n) is 20.6. The minimum atomic E-state index is -2.64. The quantitative estimate of drug-likeness (QED) is 0.0807. The highest BCUT2D eigenvalue weighted by molar-refractivity contribution is 6.20. The van der Waals surface area contributed by atoms with Crippen LogP contribution in [0.3, 0.4) is 0 Å². The summed E-state index contributed by atoms with van der Waals surface area (Å²) in [6.45, 7) is 1.83. The van der Waals surface area contributed by atoms with E-state index in [1.54, 1.807) is 6.92 Å². The molecule has 12 heteroatoms. The van der Waals surface area contributed by atoms with Gasteiger partial charge in [0, 0.05) is 0 Å². The fraction of sp³-hybridized carbons (Fsp3) is 0.900. The fourth-order valence-electron chi connectivity index (χ4n) is 10.0. The zero-order valence-electron chi connectivity index (χ0n) is 30.8. The van der Waals surface area contributed by atoms with Gasteiger partial charge < -0.3 is 37.9 Å². The normalized spacial score (nSPS) is 39.5. The van der Waals surface area contributed by atoms with Crippen LogP contribution in [0, 0.1) is 35.0 Å². The van der Waals surface area contributed by atoms with E-state index in [-0.39, 0.29) is 51.2 Å². The van der Waals surface area contributed by atoms with Gasteiger partial charge >= 0.3 is 23.9 Å². The van der Waals surface area contributed by atoms with Gasteiger partial charge in [0.05, 0.1) is 81.2 Å². The Hall–Kier alpha value is -2.28. The van der Waals surface area contributed by atoms with Gasteiger partial charge in [-0.25, -0.2) is 0 Å². The van der Waals surface area contributed by atoms with Crippen molar-refractivity contribution < 1.29 is 57.1 Å². The van der Waals surface area contributed by atoms with Crippen LogP contribution in [-0.4, -0.2) is 99.1 Å². The zero-order valence-corrected chi connectivity index (χ0v) is 30.8. The molecule has 4 aliphatic heterocycles. The highest BCUT2D eigenvalue weighted by Gasteiger charge is 2.65. The summed E-state index contributed by atoms with van der Waals surface area (Å²) < 4.78 is 46.1. The number of ether oxygens (including phenoxy) is 8. The summed E-state index contributed by atoms with van der Waals surface area (Å²) in [6.07, 6.45) is 16.4. The van der Waals surface area contributed by atoms with Crippen LogP contribution in [0.4, 0.5) is 0 Å². The third-order valence-electron chi connectivity index (χ3n) is 13.7. The Morgan fingerprint density at radius 1 is 0.481 bits per heavy atom. The molecule has 0 bridgehead atoms. The van der Waals surface area contributed by atoms with Crippen LogP contribution >= 0.6 is 0 Å². The first-order valence-corrected chi connectivity index (χ1v) is 20.6. The molecule has 4 aliphatic carbocycles. The number of carbonyl (C=O) groups excluding carboxylic acids is 4. The lowest BCUT2D eigenvalue weighted by Gasteiger charge is -2.33. The summed E-state index contributed by atoms with van der Waals surface area (Å²) in [5, 5.41) is 0. The van der Waals surface area contributed by atoms with Crippen LogP contribution in [0.5, 0.6) is 0 Å². The molecule has 13 unspecified atom stereocenters. The van der Waals surface area contributed by atoms with E-state index in [0.717, 1.165) is 77.0 Å². The minimum absolute atomic E-state index is 0.00977. The van der Waals surface area contributed by atoms with Crippen molar-refractivity contribution in [3.8, 4) is 0 Å². The van der Waals surface area contributed by atoms with E-state index in [1.165, 1.54) is 0 Å². The Kier molecular flexibility index (Phi) is 11.2. The molecule has 13 atom stereocenters. The topological polar surface area (TPSA) is 155 Å². The average Bonchev–Trinajstić information content (AvgIpc) is 3.96. The molecule has 0 spiro atoms. The van der Waals surface area contributed by atoms with Gasteiger partial charge in [-0.1, -0.05) is 6.92 Å². The predicted octanol–water partition coefficient (Wildman–Crippen LogP) is 5.00. The number of rotatable bonds is 18. The van der Waals surface area contributed by atoms with Crippen molar-refractivity contribution >= 4 is 23.9 Å². The van der Waals surface area contributed by atoms with Gasteiger partial charge in [-0.3, -0.25) is 19.2 Å². The summed E-state index contributed by atoms with van der Waals surface area (Å²) in [4.78, 5) is 57.4. The van der Waals surface area contributed by atoms with E-state index in [4.69, 9.17) is 37.9 Å². The van der Waals surface area contributed by atoms with E-state index in [9.17, 15) is 19.2 Å². The third-order valence-corrected chi connectivity index (χ3v) is 13.7. The molecule has 8 fully saturated rings. The highest BCUT2D eigenvalue weighted by atomic mass is 16.6. The maximum atomic E-state index is 14.5. The fourth-order valence-corrected chi connectivity index (χ4v) is 10.0. The Labute approximate surface area is 306 Å². The number of carbonyl (C=O) groups is 4. The summed E-state index contributed by atoms with van der Waals surface area (Å²) in [5.74, 6) is -4.24. The molecule has 4 saturated carbocycles. The number of hydrogen-bond donors (Lipinski definition) is 0. The van der Waals surface area contributed by atoms with Gasteiger partial charge in [-0.15, -0.1) is 0 Å². The molecule has 4 heterocycles. The largest absolute Gasteiger partial charge is 0.465 e. The van der Waals surface area contributed by atoms with E-state index in [2.05, 4.69) is 0 Å². The van der Waals surface area contributed by atoms with Gasteiger partial charge in [0.15, 0.2) is 0 Å². The Morgan fingerprint density at radius 2 is 0.788 bits per heavy atom. The maximum Gasteiger partial charge on any atom is 0.336 e. The molecule has 4 saturated heterocycles. The van der Waals surface area contributed by atoms with Crippen LogP contribution < -0.4 is 0 Å². The molecule has 8 rings (SSSR count). The molecular formula is C40H58O12. The van der Waals surface area contributed by atoms with Gasteiger partial charge in [-0.05, 0) is 133 Å². The van der Waals surface area contributed by atoms with E-state index in [0.29, 0.717) is 79.9 Å². The number of epoxide rings is 4. The summed E-state index contributed by atoms with van der Waals surface area (Å²) >= 11 is 0. The lowest BCUT2D eigenvalue weighted by molar-refractivity contribution is -0.195. The average molecular weight is 731 g/mol. The molecule has 12 nitrogen and oxygen atoms in total. The van der Waals surface area contributed by atoms with Crippen molar-refractivity contribution in [1.29, 1.82) is 0 Å². The molecule has 0 amide bonds. The smallest absolute Gasteiger partial charge is 0.336 e. The molecule has 8 aliphatic rings. The van der Waals surface area contributed by atoms with Crippen LogP contribution in [0.2, 0.25) is 0 Å². The molecule has 0 aromatic rings. The lowest BCUT2D eigenvalue weighted by Crippen LogP contribution is -2.57. The van der Waals surface area contributed by atoms with E-state index in [1.807, 2.05) is 0 Å². The molecule has 0 aromatic heterocycles. The molecular weight excluding hydrogens is 672 g/mol. The highest BCUT2D eigenvalue weighted by Crippen LogP contribution is 2.44. The predicted molar refractivity (Wildman–Crippen MR) is 183 cm³/mol. The van der Waals surface area contributed by atoms with Crippen molar-refractivity contribution in [1.82, 2.24) is 0 Å². The second kappa shape index (κ2) is 15.8. The Balaban J connectivity index is 0.970. The Morgan fingerprint density at radius 3 is 1.08 bits per heavy atom. The third kappa shape index (κ3) is 8.35. The van der Waals surface area contributed by atoms with Crippen molar-refractivity contribution in [3.63, 3.8) is 0 Å². The first-order chi connectivity index (χ1) is 25.3. The standard InChI is InChI=1S/C40H58O12/c1-2-27(36(41)45-15-11-23-3-7-28-32(19-23)49-28)40(37(42)46-16-12-24-4-8-29-33(20-24)50-29,38(43)47-17-13-25-5-9-30-34(21-25)51-30)39(44)48-18-14-26-6-10-31-35(22-26)52-31/h23-35H,2-22H2,1H3. The van der Waals surface area contributed by atoms with Crippen molar-refractivity contribution in [2.45, 2.75) is 165 Å². The van der Waals surface area contributed by atoms with E-state index >= 15 is 0 Å². The van der Waals surface area contributed by atoms with Crippen molar-refractivity contribution in [3.05, 3.63) is 0 Å². The zero-order chi connectivity index (χ0) is 35.8. The van der Waals surface area contributed by atoms with Crippen LogP contribution in [-0.2, 0) is 57.1 Å². The van der Waals surface area contributed by atoms with Crippen LogP contribution in [0.15, 0.2) is 0 Å². The van der Waals surface area contributed by atoms with Crippen molar-refractivity contribution in [2.75, 3.05) is 26.4 Å². The SMILES string of the molecule is CCC(C(=O)OCCC1CCC2OC2C1)C(C(=O)OCCC1CCC2OC2C1)(C(=O)OCCC1CCC2OC2C1)C(=O)OCCC1CCC2OC2C1. The number of fused-ring (bicyclic) bond motifs is 4. The minimum Gasteiger partial charge on any atom is -0.465 e. The lowest BCUT2D eigenvalue weighted by atomic mass is 9.73. The molecule has 0 aromatic carbocycles. The Bertz CT molecular complexity index is 1210. The van der Waals surface area contributed by atoms with Gasteiger partial charge in [0.1, 0.15) is 0 Å². The van der Waals surface area contributed by atoms with Gasteiger partial charge in [0.25, 0.3) is 5.41 Å². The van der Waals surface area contributed by atoms with Crippen molar-refractivity contribution in [2.24, 2.45) is 35.0 Å². The van der Waals surface area contributed by atoms with Crippen LogP contribution in [0.1, 0.15) is 116 Å². The number of esters is 4. The van der Waals surface area contributed by atoms with E-state index < -0.39 is 35.2 Å². The summed E-state index contributed by atoms with van der Waals surface area (Å²) in [6, 6.07) is 0. The monoisotopic (exact) mass is 730 g/mol. The second-order valence-corrected chi connectivity index (χ2v) is 17.1. The summed E-state index contributed by atoms with van der Waals surface area (Å²) in [7, 11) is 0. The van der Waals surface area contributed by atoms with Gasteiger partial charge in [-0.2, -0.15) is 0 Å². The molecule has 0 radical (unpaired) electrons. The van der Waals surface area contributed by atoms with Crippen LogP contribution in [0.25, 0.3) is 0 Å². The molecule has 290 valence electrons. The first kappa shape index (κ1) is 36.7. The summed E-state index contributed by atoms with van der Waals surface area (Å²) in [5.41, 5.74) is -2.64.